The molecular formula is C15H22N6. The van der Waals surface area contributed by atoms with Gasteiger partial charge in [0.15, 0.2) is 0 Å². The molecule has 3 rings (SSSR count). The molecule has 1 fully saturated rings. The molecule has 1 atom stereocenters. The molecular weight excluding hydrogens is 264 g/mol. The van der Waals surface area contributed by atoms with Gasteiger partial charge < -0.3 is 5.32 Å². The third-order valence-electron chi connectivity index (χ3n) is 3.99. The number of hydrogen-bond acceptors (Lipinski definition) is 5. The first-order valence-electron chi connectivity index (χ1n) is 7.47. The molecule has 0 aromatic carbocycles. The predicted octanol–water partition coefficient (Wildman–Crippen LogP) is 1.89. The molecule has 0 radical (unpaired) electrons. The quantitative estimate of drug-likeness (QED) is 0.898. The number of H-pyrrole nitrogens is 1. The largest absolute Gasteiger partial charge is 0.366 e. The van der Waals surface area contributed by atoms with E-state index in [2.05, 4.69) is 37.3 Å². The Hall–Kier alpha value is -1.95. The summed E-state index contributed by atoms with van der Waals surface area (Å²) in [5.41, 5.74) is 3.44. The minimum Gasteiger partial charge on any atom is -0.366 e. The van der Waals surface area contributed by atoms with Gasteiger partial charge in [-0.1, -0.05) is 0 Å². The van der Waals surface area contributed by atoms with E-state index in [0.29, 0.717) is 6.04 Å². The molecule has 2 aromatic heterocycles. The number of likely N-dealkylation sites (tertiary alicyclic amines) is 1. The molecule has 0 spiro atoms. The zero-order valence-electron chi connectivity index (χ0n) is 12.6. The van der Waals surface area contributed by atoms with E-state index < -0.39 is 0 Å². The molecule has 1 aliphatic rings. The highest BCUT2D eigenvalue weighted by Gasteiger charge is 2.20. The van der Waals surface area contributed by atoms with Crippen LogP contribution in [-0.2, 0) is 6.54 Å². The zero-order chi connectivity index (χ0) is 14.7. The Morgan fingerprint density at radius 2 is 2.29 bits per heavy atom. The van der Waals surface area contributed by atoms with Gasteiger partial charge in [0.05, 0.1) is 6.20 Å². The second kappa shape index (κ2) is 6.22. The summed E-state index contributed by atoms with van der Waals surface area (Å²) in [4.78, 5) is 10.9. The van der Waals surface area contributed by atoms with Gasteiger partial charge in [-0.3, -0.25) is 10.00 Å². The van der Waals surface area contributed by atoms with Gasteiger partial charge in [-0.2, -0.15) is 5.10 Å². The highest BCUT2D eigenvalue weighted by molar-refractivity contribution is 5.35. The van der Waals surface area contributed by atoms with E-state index >= 15 is 0 Å². The third kappa shape index (κ3) is 3.58. The lowest BCUT2D eigenvalue weighted by Gasteiger charge is -2.33. The van der Waals surface area contributed by atoms with Crippen molar-refractivity contribution in [2.45, 2.75) is 39.3 Å². The third-order valence-corrected chi connectivity index (χ3v) is 3.99. The normalized spacial score (nSPS) is 19.6. The summed E-state index contributed by atoms with van der Waals surface area (Å²) in [5, 5.41) is 10.6. The SMILES string of the molecule is Cc1cc(NC2CCCN(Cc3cn[nH]c3C)C2)ncn1. The van der Waals surface area contributed by atoms with Crippen LogP contribution >= 0.6 is 0 Å². The van der Waals surface area contributed by atoms with Crippen molar-refractivity contribution < 1.29 is 0 Å². The van der Waals surface area contributed by atoms with Gasteiger partial charge in [-0.15, -0.1) is 0 Å². The number of aromatic amines is 1. The molecule has 2 N–H and O–H groups in total. The number of aromatic nitrogens is 4. The Morgan fingerprint density at radius 3 is 3.05 bits per heavy atom. The molecule has 2 aromatic rings. The van der Waals surface area contributed by atoms with Crippen molar-refractivity contribution >= 4 is 5.82 Å². The maximum Gasteiger partial charge on any atom is 0.129 e. The monoisotopic (exact) mass is 286 g/mol. The van der Waals surface area contributed by atoms with Gasteiger partial charge in [0.25, 0.3) is 0 Å². The van der Waals surface area contributed by atoms with Crippen molar-refractivity contribution in [2.75, 3.05) is 18.4 Å². The molecule has 3 heterocycles. The fourth-order valence-electron chi connectivity index (χ4n) is 2.84. The molecule has 0 amide bonds. The number of rotatable bonds is 4. The van der Waals surface area contributed by atoms with Crippen molar-refractivity contribution in [3.63, 3.8) is 0 Å². The fraction of sp³-hybridized carbons (Fsp3) is 0.533. The van der Waals surface area contributed by atoms with Crippen LogP contribution in [0.4, 0.5) is 5.82 Å². The number of piperidine rings is 1. The summed E-state index contributed by atoms with van der Waals surface area (Å²) < 4.78 is 0. The van der Waals surface area contributed by atoms with Crippen molar-refractivity contribution in [1.82, 2.24) is 25.1 Å². The van der Waals surface area contributed by atoms with Gasteiger partial charge in [0.1, 0.15) is 12.1 Å². The van der Waals surface area contributed by atoms with Crippen LogP contribution < -0.4 is 5.32 Å². The summed E-state index contributed by atoms with van der Waals surface area (Å²) in [5.74, 6) is 0.925. The van der Waals surface area contributed by atoms with Gasteiger partial charge in [0, 0.05) is 42.1 Å². The van der Waals surface area contributed by atoms with Crippen molar-refractivity contribution in [2.24, 2.45) is 0 Å². The van der Waals surface area contributed by atoms with Crippen LogP contribution in [-0.4, -0.2) is 44.2 Å². The first-order valence-corrected chi connectivity index (χ1v) is 7.47. The van der Waals surface area contributed by atoms with Gasteiger partial charge in [-0.25, -0.2) is 9.97 Å². The molecule has 6 heteroatoms. The topological polar surface area (TPSA) is 69.7 Å². The van der Waals surface area contributed by atoms with Crippen LogP contribution in [0.15, 0.2) is 18.6 Å². The Bertz CT molecular complexity index is 593. The number of nitrogens with one attached hydrogen (secondary N) is 2. The molecule has 21 heavy (non-hydrogen) atoms. The fourth-order valence-corrected chi connectivity index (χ4v) is 2.84. The highest BCUT2D eigenvalue weighted by atomic mass is 15.2. The van der Waals surface area contributed by atoms with Crippen LogP contribution in [0.25, 0.3) is 0 Å². The lowest BCUT2D eigenvalue weighted by molar-refractivity contribution is 0.208. The molecule has 1 unspecified atom stereocenters. The van der Waals surface area contributed by atoms with E-state index in [1.165, 1.54) is 18.4 Å². The number of aryl methyl sites for hydroxylation is 2. The summed E-state index contributed by atoms with van der Waals surface area (Å²) in [6.07, 6.45) is 5.94. The van der Waals surface area contributed by atoms with Crippen molar-refractivity contribution in [1.29, 1.82) is 0 Å². The van der Waals surface area contributed by atoms with E-state index in [0.717, 1.165) is 36.8 Å². The predicted molar refractivity (Wildman–Crippen MR) is 82.0 cm³/mol. The van der Waals surface area contributed by atoms with Crippen LogP contribution in [0, 0.1) is 13.8 Å². The molecule has 1 saturated heterocycles. The maximum atomic E-state index is 4.29. The zero-order valence-corrected chi connectivity index (χ0v) is 12.6. The van der Waals surface area contributed by atoms with Gasteiger partial charge in [0.2, 0.25) is 0 Å². The van der Waals surface area contributed by atoms with E-state index in [1.807, 2.05) is 19.2 Å². The number of hydrogen-bond donors (Lipinski definition) is 2. The molecule has 6 nitrogen and oxygen atoms in total. The molecule has 0 saturated carbocycles. The smallest absolute Gasteiger partial charge is 0.129 e. The average Bonchev–Trinajstić information content (AvgIpc) is 2.85. The second-order valence-corrected chi connectivity index (χ2v) is 5.78. The van der Waals surface area contributed by atoms with Crippen LogP contribution in [0.5, 0.6) is 0 Å². The summed E-state index contributed by atoms with van der Waals surface area (Å²) in [6, 6.07) is 2.44. The summed E-state index contributed by atoms with van der Waals surface area (Å²) in [7, 11) is 0. The number of anilines is 1. The lowest BCUT2D eigenvalue weighted by Crippen LogP contribution is -2.41. The van der Waals surface area contributed by atoms with Gasteiger partial charge >= 0.3 is 0 Å². The molecule has 0 bridgehead atoms. The standard InChI is InChI=1S/C15H22N6/c1-11-6-15(17-10-16-11)19-14-4-3-5-21(9-14)8-13-7-18-20-12(13)2/h6-7,10,14H,3-5,8-9H2,1-2H3,(H,18,20)(H,16,17,19). The van der Waals surface area contributed by atoms with Gasteiger partial charge in [-0.05, 0) is 33.2 Å². The minimum atomic E-state index is 0.445. The van der Waals surface area contributed by atoms with E-state index in [9.17, 15) is 0 Å². The molecule has 0 aliphatic carbocycles. The van der Waals surface area contributed by atoms with Crippen molar-refractivity contribution in [3.8, 4) is 0 Å². The minimum absolute atomic E-state index is 0.445. The average molecular weight is 286 g/mol. The number of nitrogens with zero attached hydrogens (tertiary/aromatic N) is 4. The second-order valence-electron chi connectivity index (χ2n) is 5.78. The highest BCUT2D eigenvalue weighted by Crippen LogP contribution is 2.17. The van der Waals surface area contributed by atoms with Crippen molar-refractivity contribution in [3.05, 3.63) is 35.5 Å². The summed E-state index contributed by atoms with van der Waals surface area (Å²) >= 11 is 0. The van der Waals surface area contributed by atoms with E-state index in [1.54, 1.807) is 6.33 Å². The first-order chi connectivity index (χ1) is 10.2. The Balaban J connectivity index is 1.59. The Kier molecular flexibility index (Phi) is 4.15. The van der Waals surface area contributed by atoms with Crippen LogP contribution in [0.2, 0.25) is 0 Å². The Morgan fingerprint density at radius 1 is 1.38 bits per heavy atom. The van der Waals surface area contributed by atoms with Crippen LogP contribution in [0.3, 0.4) is 0 Å². The lowest BCUT2D eigenvalue weighted by atomic mass is 10.0. The molecule has 1 aliphatic heterocycles. The van der Waals surface area contributed by atoms with E-state index in [4.69, 9.17) is 0 Å². The molecule has 112 valence electrons. The first kappa shape index (κ1) is 14.0. The maximum absolute atomic E-state index is 4.29. The van der Waals surface area contributed by atoms with Crippen LogP contribution in [0.1, 0.15) is 29.8 Å². The Labute approximate surface area is 125 Å². The summed E-state index contributed by atoms with van der Waals surface area (Å²) in [6.45, 7) is 7.20. The van der Waals surface area contributed by atoms with E-state index in [-0.39, 0.29) is 0 Å².